The van der Waals surface area contributed by atoms with Gasteiger partial charge in [0.15, 0.2) is 5.78 Å². The van der Waals surface area contributed by atoms with Crippen LogP contribution in [0.5, 0.6) is 0 Å². The first-order chi connectivity index (χ1) is 13.3. The van der Waals surface area contributed by atoms with Gasteiger partial charge in [-0.3, -0.25) is 14.4 Å². The molecule has 2 N–H and O–H groups in total. The zero-order valence-electron chi connectivity index (χ0n) is 16.9. The number of carbonyl (C=O) groups is 3. The van der Waals surface area contributed by atoms with Gasteiger partial charge in [0.2, 0.25) is 11.8 Å². The Balaban J connectivity index is 1.96. The SMILES string of the molecule is CCC[C@@H]1CN(C(=O)[C@@H](CC(C)C)c2ccccc2C(N)=O)[C@@H]2C(=O)CO[C@H]12. The molecular formula is C22H30N2O4. The van der Waals surface area contributed by atoms with Crippen LogP contribution >= 0.6 is 0 Å². The Morgan fingerprint density at radius 2 is 2.00 bits per heavy atom. The van der Waals surface area contributed by atoms with E-state index in [2.05, 4.69) is 6.92 Å². The molecule has 6 nitrogen and oxygen atoms in total. The van der Waals surface area contributed by atoms with E-state index in [1.807, 2.05) is 19.9 Å². The van der Waals surface area contributed by atoms with Crippen LogP contribution in [0.3, 0.4) is 0 Å². The fourth-order valence-electron chi connectivity index (χ4n) is 4.66. The Morgan fingerprint density at radius 3 is 2.64 bits per heavy atom. The molecule has 0 bridgehead atoms. The van der Waals surface area contributed by atoms with Gasteiger partial charge in [-0.05, 0) is 30.4 Å². The zero-order valence-corrected chi connectivity index (χ0v) is 16.9. The molecule has 0 unspecified atom stereocenters. The minimum Gasteiger partial charge on any atom is -0.367 e. The van der Waals surface area contributed by atoms with Gasteiger partial charge in [0.05, 0.1) is 12.0 Å². The second-order valence-electron chi connectivity index (χ2n) is 8.36. The molecular weight excluding hydrogens is 356 g/mol. The van der Waals surface area contributed by atoms with Crippen LogP contribution in [0.15, 0.2) is 24.3 Å². The Kier molecular flexibility index (Phi) is 6.18. The average molecular weight is 386 g/mol. The van der Waals surface area contributed by atoms with E-state index >= 15 is 0 Å². The third kappa shape index (κ3) is 3.83. The number of ether oxygens (including phenoxy) is 1. The third-order valence-electron chi connectivity index (χ3n) is 5.84. The summed E-state index contributed by atoms with van der Waals surface area (Å²) in [6.07, 6.45) is 2.28. The number of hydrogen-bond acceptors (Lipinski definition) is 4. The molecule has 0 aromatic heterocycles. The van der Waals surface area contributed by atoms with E-state index in [0.29, 0.717) is 24.1 Å². The molecule has 0 spiro atoms. The van der Waals surface area contributed by atoms with Crippen LogP contribution in [0.4, 0.5) is 0 Å². The first-order valence-corrected chi connectivity index (χ1v) is 10.2. The summed E-state index contributed by atoms with van der Waals surface area (Å²) in [5, 5.41) is 0. The van der Waals surface area contributed by atoms with E-state index in [9.17, 15) is 14.4 Å². The number of fused-ring (bicyclic) bond motifs is 1. The van der Waals surface area contributed by atoms with Gasteiger partial charge in [-0.25, -0.2) is 0 Å². The van der Waals surface area contributed by atoms with Gasteiger partial charge in [0, 0.05) is 18.0 Å². The van der Waals surface area contributed by atoms with Gasteiger partial charge in [-0.1, -0.05) is 45.4 Å². The van der Waals surface area contributed by atoms with Crippen LogP contribution in [0.1, 0.15) is 61.9 Å². The molecule has 0 aliphatic carbocycles. The first-order valence-electron chi connectivity index (χ1n) is 10.2. The van der Waals surface area contributed by atoms with Crippen molar-refractivity contribution in [3.05, 3.63) is 35.4 Å². The smallest absolute Gasteiger partial charge is 0.249 e. The number of amides is 2. The van der Waals surface area contributed by atoms with Gasteiger partial charge >= 0.3 is 0 Å². The van der Waals surface area contributed by atoms with Crippen LogP contribution in [0, 0.1) is 11.8 Å². The highest BCUT2D eigenvalue weighted by atomic mass is 16.5. The summed E-state index contributed by atoms with van der Waals surface area (Å²) in [6, 6.07) is 6.53. The van der Waals surface area contributed by atoms with E-state index in [1.165, 1.54) is 0 Å². The number of primary amides is 1. The number of nitrogens with zero attached hydrogens (tertiary/aromatic N) is 1. The lowest BCUT2D eigenvalue weighted by Crippen LogP contribution is -2.44. The minimum atomic E-state index is -0.541. The molecule has 1 aromatic carbocycles. The van der Waals surface area contributed by atoms with Crippen molar-refractivity contribution in [2.45, 2.75) is 58.1 Å². The van der Waals surface area contributed by atoms with E-state index in [0.717, 1.165) is 12.8 Å². The van der Waals surface area contributed by atoms with Gasteiger partial charge in [0.1, 0.15) is 12.6 Å². The van der Waals surface area contributed by atoms with Crippen LogP contribution in [0.25, 0.3) is 0 Å². The maximum Gasteiger partial charge on any atom is 0.249 e. The highest BCUT2D eigenvalue weighted by molar-refractivity contribution is 5.98. The van der Waals surface area contributed by atoms with Crippen LogP contribution in [-0.2, 0) is 14.3 Å². The predicted octanol–water partition coefficient (Wildman–Crippen LogP) is 2.51. The lowest BCUT2D eigenvalue weighted by molar-refractivity contribution is -0.138. The molecule has 0 saturated carbocycles. The number of likely N-dealkylation sites (tertiary alicyclic amines) is 1. The second-order valence-corrected chi connectivity index (χ2v) is 8.36. The van der Waals surface area contributed by atoms with Gasteiger partial charge in [0.25, 0.3) is 0 Å². The highest BCUT2D eigenvalue weighted by Gasteiger charge is 2.52. The summed E-state index contributed by atoms with van der Waals surface area (Å²) in [7, 11) is 0. The molecule has 152 valence electrons. The molecule has 2 fully saturated rings. The number of hydrogen-bond donors (Lipinski definition) is 1. The molecule has 28 heavy (non-hydrogen) atoms. The van der Waals surface area contributed by atoms with Gasteiger partial charge < -0.3 is 15.4 Å². The van der Waals surface area contributed by atoms with E-state index in [-0.39, 0.29) is 36.2 Å². The van der Waals surface area contributed by atoms with Crippen molar-refractivity contribution in [3.63, 3.8) is 0 Å². The van der Waals surface area contributed by atoms with Crippen molar-refractivity contribution in [1.29, 1.82) is 0 Å². The third-order valence-corrected chi connectivity index (χ3v) is 5.84. The molecule has 1 aromatic rings. The van der Waals surface area contributed by atoms with Gasteiger partial charge in [-0.2, -0.15) is 0 Å². The molecule has 4 atom stereocenters. The van der Waals surface area contributed by atoms with Crippen molar-refractivity contribution in [2.24, 2.45) is 17.6 Å². The van der Waals surface area contributed by atoms with Crippen LogP contribution < -0.4 is 5.73 Å². The van der Waals surface area contributed by atoms with Crippen molar-refractivity contribution >= 4 is 17.6 Å². The monoisotopic (exact) mass is 386 g/mol. The fraction of sp³-hybridized carbons (Fsp3) is 0.591. The molecule has 2 heterocycles. The highest BCUT2D eigenvalue weighted by Crippen LogP contribution is 2.38. The lowest BCUT2D eigenvalue weighted by Gasteiger charge is -2.29. The van der Waals surface area contributed by atoms with Crippen molar-refractivity contribution in [3.8, 4) is 0 Å². The summed E-state index contributed by atoms with van der Waals surface area (Å²) in [5.74, 6) is -0.747. The predicted molar refractivity (Wildman–Crippen MR) is 106 cm³/mol. The quantitative estimate of drug-likeness (QED) is 0.780. The Morgan fingerprint density at radius 1 is 1.29 bits per heavy atom. The molecule has 2 aliphatic rings. The van der Waals surface area contributed by atoms with Gasteiger partial charge in [-0.15, -0.1) is 0 Å². The summed E-state index contributed by atoms with van der Waals surface area (Å²) in [4.78, 5) is 39.8. The van der Waals surface area contributed by atoms with Crippen molar-refractivity contribution in [1.82, 2.24) is 4.90 Å². The topological polar surface area (TPSA) is 89.7 Å². The number of carbonyl (C=O) groups excluding carboxylic acids is 3. The standard InChI is InChI=1S/C22H30N2O4/c1-4-7-14-11-24(19-18(25)12-28-20(14)19)22(27)17(10-13(2)3)15-8-5-6-9-16(15)21(23)26/h5-6,8-9,13-14,17,19-20H,4,7,10-12H2,1-3H3,(H2,23,26)/t14-,17+,19-,20-/m1/s1. The molecule has 2 saturated heterocycles. The number of nitrogens with two attached hydrogens (primary N) is 1. The molecule has 0 radical (unpaired) electrons. The molecule has 2 amide bonds. The number of ketones is 1. The summed E-state index contributed by atoms with van der Waals surface area (Å²) >= 11 is 0. The maximum absolute atomic E-state index is 13.7. The minimum absolute atomic E-state index is 0.0246. The second kappa shape index (κ2) is 8.43. The molecule has 6 heteroatoms. The van der Waals surface area contributed by atoms with Crippen LogP contribution in [-0.4, -0.2) is 47.8 Å². The Hall–Kier alpha value is -2.21. The average Bonchev–Trinajstić information content (AvgIpc) is 3.21. The van der Waals surface area contributed by atoms with Crippen molar-refractivity contribution in [2.75, 3.05) is 13.2 Å². The molecule has 3 rings (SSSR count). The molecule has 2 aliphatic heterocycles. The lowest BCUT2D eigenvalue weighted by atomic mass is 9.86. The number of rotatable bonds is 7. The first kappa shape index (κ1) is 20.5. The van der Waals surface area contributed by atoms with E-state index < -0.39 is 17.9 Å². The van der Waals surface area contributed by atoms with E-state index in [1.54, 1.807) is 23.1 Å². The van der Waals surface area contributed by atoms with E-state index in [4.69, 9.17) is 10.5 Å². The number of benzene rings is 1. The summed E-state index contributed by atoms with van der Waals surface area (Å²) in [6.45, 7) is 6.79. The summed E-state index contributed by atoms with van der Waals surface area (Å²) < 4.78 is 5.75. The summed E-state index contributed by atoms with van der Waals surface area (Å²) in [5.41, 5.74) is 6.59. The van der Waals surface area contributed by atoms with Crippen molar-refractivity contribution < 1.29 is 19.1 Å². The van der Waals surface area contributed by atoms with Crippen LogP contribution in [0.2, 0.25) is 0 Å². The Labute approximate surface area is 166 Å². The fourth-order valence-corrected chi connectivity index (χ4v) is 4.66. The Bertz CT molecular complexity index is 761. The largest absolute Gasteiger partial charge is 0.367 e. The normalized spacial score (nSPS) is 25.2. The zero-order chi connectivity index (χ0) is 20.4. The number of Topliss-reactive ketones (excluding diaryl/α,β-unsaturated/α-hetero) is 1. The maximum atomic E-state index is 13.7.